The molecule has 2 rings (SSSR count). The van der Waals surface area contributed by atoms with Gasteiger partial charge in [-0.1, -0.05) is 25.4 Å². The predicted octanol–water partition coefficient (Wildman–Crippen LogP) is 3.35. The molecule has 0 aliphatic heterocycles. The molecule has 1 aromatic rings. The van der Waals surface area contributed by atoms with Gasteiger partial charge in [-0.15, -0.1) is 0 Å². The SMILES string of the molecule is Cc1c(Cl)cc(C(=O)NCC2CC2(C)C)cc1S(=O)(=O)Cl. The fraction of sp³-hybridized carbons (Fsp3) is 0.500. The zero-order chi connectivity index (χ0) is 16.0. The third-order valence-electron chi connectivity index (χ3n) is 4.05. The predicted molar refractivity (Wildman–Crippen MR) is 83.4 cm³/mol. The Morgan fingerprint density at radius 2 is 2.00 bits per heavy atom. The van der Waals surface area contributed by atoms with Gasteiger partial charge in [-0.3, -0.25) is 4.79 Å². The lowest BCUT2D eigenvalue weighted by Gasteiger charge is -2.10. The highest BCUT2D eigenvalue weighted by Gasteiger charge is 2.45. The first-order valence-corrected chi connectivity index (χ1v) is 9.24. The van der Waals surface area contributed by atoms with Crippen LogP contribution in [0.3, 0.4) is 0 Å². The molecule has 0 aromatic heterocycles. The van der Waals surface area contributed by atoms with Crippen LogP contribution in [-0.4, -0.2) is 20.9 Å². The summed E-state index contributed by atoms with van der Waals surface area (Å²) in [5, 5.41) is 3.01. The summed E-state index contributed by atoms with van der Waals surface area (Å²) in [5.74, 6) is 0.111. The van der Waals surface area contributed by atoms with E-state index in [0.717, 1.165) is 6.42 Å². The molecule has 0 spiro atoms. The quantitative estimate of drug-likeness (QED) is 0.847. The fourth-order valence-electron chi connectivity index (χ4n) is 2.28. The van der Waals surface area contributed by atoms with E-state index in [1.54, 1.807) is 6.92 Å². The van der Waals surface area contributed by atoms with Crippen LogP contribution in [-0.2, 0) is 9.05 Å². The molecule has 1 aromatic carbocycles. The van der Waals surface area contributed by atoms with Crippen LogP contribution in [0.2, 0.25) is 5.02 Å². The molecule has 21 heavy (non-hydrogen) atoms. The number of carbonyl (C=O) groups excluding carboxylic acids is 1. The van der Waals surface area contributed by atoms with Crippen LogP contribution >= 0.6 is 22.3 Å². The smallest absolute Gasteiger partial charge is 0.261 e. The molecule has 1 aliphatic carbocycles. The second-order valence-electron chi connectivity index (χ2n) is 6.12. The molecule has 1 aliphatic rings. The zero-order valence-electron chi connectivity index (χ0n) is 12.0. The Labute approximate surface area is 134 Å². The molecular weight excluding hydrogens is 333 g/mol. The summed E-state index contributed by atoms with van der Waals surface area (Å²) in [6.45, 7) is 6.40. The number of halogens is 2. The van der Waals surface area contributed by atoms with E-state index in [0.29, 0.717) is 18.0 Å². The van der Waals surface area contributed by atoms with E-state index in [4.69, 9.17) is 22.3 Å². The summed E-state index contributed by atoms with van der Waals surface area (Å²) in [5.41, 5.74) is 0.804. The van der Waals surface area contributed by atoms with Crippen molar-refractivity contribution in [2.75, 3.05) is 6.54 Å². The second kappa shape index (κ2) is 5.45. The summed E-state index contributed by atoms with van der Waals surface area (Å²) >= 11 is 5.99. The number of hydrogen-bond donors (Lipinski definition) is 1. The van der Waals surface area contributed by atoms with Crippen LogP contribution < -0.4 is 5.32 Å². The molecule has 1 amide bonds. The van der Waals surface area contributed by atoms with E-state index < -0.39 is 9.05 Å². The molecule has 0 bridgehead atoms. The van der Waals surface area contributed by atoms with Crippen molar-refractivity contribution in [2.24, 2.45) is 11.3 Å². The van der Waals surface area contributed by atoms with Crippen molar-refractivity contribution < 1.29 is 13.2 Å². The van der Waals surface area contributed by atoms with Crippen molar-refractivity contribution in [3.05, 3.63) is 28.3 Å². The highest BCUT2D eigenvalue weighted by molar-refractivity contribution is 8.13. The maximum Gasteiger partial charge on any atom is 0.261 e. The molecule has 0 saturated heterocycles. The van der Waals surface area contributed by atoms with Crippen molar-refractivity contribution in [3.63, 3.8) is 0 Å². The largest absolute Gasteiger partial charge is 0.352 e. The number of nitrogens with one attached hydrogen (secondary N) is 1. The van der Waals surface area contributed by atoms with Crippen LogP contribution in [0.5, 0.6) is 0 Å². The van der Waals surface area contributed by atoms with Gasteiger partial charge in [0.2, 0.25) is 0 Å². The van der Waals surface area contributed by atoms with Gasteiger partial charge in [-0.25, -0.2) is 8.42 Å². The lowest BCUT2D eigenvalue weighted by atomic mass is 10.1. The van der Waals surface area contributed by atoms with Crippen molar-refractivity contribution in [1.29, 1.82) is 0 Å². The van der Waals surface area contributed by atoms with Crippen molar-refractivity contribution in [1.82, 2.24) is 5.32 Å². The summed E-state index contributed by atoms with van der Waals surface area (Å²) in [7, 11) is 1.43. The van der Waals surface area contributed by atoms with Gasteiger partial charge in [0.05, 0.1) is 4.90 Å². The van der Waals surface area contributed by atoms with Crippen LogP contribution in [0, 0.1) is 18.3 Å². The lowest BCUT2D eigenvalue weighted by Crippen LogP contribution is -2.26. The Morgan fingerprint density at radius 3 is 2.48 bits per heavy atom. The standard InChI is InChI=1S/C14H17Cl2NO3S/c1-8-11(15)4-9(5-12(8)21(16,19)20)13(18)17-7-10-6-14(10,2)3/h4-5,10H,6-7H2,1-3H3,(H,17,18). The van der Waals surface area contributed by atoms with E-state index >= 15 is 0 Å². The van der Waals surface area contributed by atoms with Gasteiger partial charge in [-0.2, -0.15) is 0 Å². The Hall–Kier alpha value is -0.780. The van der Waals surface area contributed by atoms with E-state index in [9.17, 15) is 13.2 Å². The Morgan fingerprint density at radius 1 is 1.43 bits per heavy atom. The summed E-state index contributed by atoms with van der Waals surface area (Å²) < 4.78 is 23.0. The first kappa shape index (κ1) is 16.6. The summed E-state index contributed by atoms with van der Waals surface area (Å²) in [4.78, 5) is 12.0. The first-order valence-electron chi connectivity index (χ1n) is 6.55. The number of hydrogen-bond acceptors (Lipinski definition) is 3. The summed E-state index contributed by atoms with van der Waals surface area (Å²) in [6, 6.07) is 2.72. The Kier molecular flexibility index (Phi) is 4.30. The van der Waals surface area contributed by atoms with Crippen LogP contribution in [0.25, 0.3) is 0 Å². The number of rotatable bonds is 4. The van der Waals surface area contributed by atoms with E-state index in [2.05, 4.69) is 19.2 Å². The Balaban J connectivity index is 2.20. The van der Waals surface area contributed by atoms with Crippen molar-refractivity contribution in [3.8, 4) is 0 Å². The molecule has 4 nitrogen and oxygen atoms in total. The third kappa shape index (κ3) is 3.71. The molecule has 1 fully saturated rings. The number of amides is 1. The average molecular weight is 350 g/mol. The van der Waals surface area contributed by atoms with Gasteiger partial charge in [-0.05, 0) is 42.4 Å². The zero-order valence-corrected chi connectivity index (χ0v) is 14.4. The topological polar surface area (TPSA) is 63.2 Å². The molecule has 1 N–H and O–H groups in total. The molecule has 7 heteroatoms. The van der Waals surface area contributed by atoms with Crippen molar-refractivity contribution in [2.45, 2.75) is 32.1 Å². The van der Waals surface area contributed by atoms with E-state index in [1.165, 1.54) is 12.1 Å². The molecule has 1 saturated carbocycles. The minimum Gasteiger partial charge on any atom is -0.352 e. The maximum absolute atomic E-state index is 12.1. The van der Waals surface area contributed by atoms with Gasteiger partial charge in [0, 0.05) is 27.8 Å². The highest BCUT2D eigenvalue weighted by atomic mass is 35.7. The molecule has 1 atom stereocenters. The normalized spacial score (nSPS) is 20.1. The minimum atomic E-state index is -3.94. The molecule has 0 heterocycles. The monoisotopic (exact) mass is 349 g/mol. The first-order chi connectivity index (χ1) is 9.52. The maximum atomic E-state index is 12.1. The van der Waals surface area contributed by atoms with Crippen LogP contribution in [0.15, 0.2) is 17.0 Å². The van der Waals surface area contributed by atoms with E-state index in [-0.39, 0.29) is 26.8 Å². The van der Waals surface area contributed by atoms with Crippen LogP contribution in [0.4, 0.5) is 0 Å². The van der Waals surface area contributed by atoms with Gasteiger partial charge in [0.25, 0.3) is 15.0 Å². The van der Waals surface area contributed by atoms with Gasteiger partial charge in [0.1, 0.15) is 0 Å². The molecule has 1 unspecified atom stereocenters. The molecular formula is C14H17Cl2NO3S. The summed E-state index contributed by atoms with van der Waals surface area (Å²) in [6.07, 6.45) is 1.07. The van der Waals surface area contributed by atoms with Crippen molar-refractivity contribution >= 4 is 37.2 Å². The minimum absolute atomic E-state index is 0.131. The number of benzene rings is 1. The number of carbonyl (C=O) groups is 1. The van der Waals surface area contributed by atoms with Gasteiger partial charge >= 0.3 is 0 Å². The Bertz CT molecular complexity index is 698. The van der Waals surface area contributed by atoms with Crippen LogP contribution in [0.1, 0.15) is 36.2 Å². The fourth-order valence-corrected chi connectivity index (χ4v) is 3.78. The highest BCUT2D eigenvalue weighted by Crippen LogP contribution is 2.51. The third-order valence-corrected chi connectivity index (χ3v) is 5.89. The average Bonchev–Trinajstić information content (AvgIpc) is 2.95. The van der Waals surface area contributed by atoms with E-state index in [1.807, 2.05) is 0 Å². The second-order valence-corrected chi connectivity index (χ2v) is 9.06. The van der Waals surface area contributed by atoms with Gasteiger partial charge < -0.3 is 5.32 Å². The van der Waals surface area contributed by atoms with Gasteiger partial charge in [0.15, 0.2) is 0 Å². The molecule has 116 valence electrons. The molecule has 0 radical (unpaired) electrons. The lowest BCUT2D eigenvalue weighted by molar-refractivity contribution is 0.0950.